The molecule has 0 radical (unpaired) electrons. The van der Waals surface area contributed by atoms with Crippen molar-refractivity contribution in [1.29, 1.82) is 0 Å². The fourth-order valence-electron chi connectivity index (χ4n) is 1.81. The van der Waals surface area contributed by atoms with Gasteiger partial charge in [0.2, 0.25) is 0 Å². The summed E-state index contributed by atoms with van der Waals surface area (Å²) in [5.41, 5.74) is 0.276. The minimum Gasteiger partial charge on any atom is -0.444 e. The minimum atomic E-state index is -0.515. The van der Waals surface area contributed by atoms with Gasteiger partial charge in [-0.1, -0.05) is 12.1 Å². The van der Waals surface area contributed by atoms with Crippen molar-refractivity contribution in [2.45, 2.75) is 39.8 Å². The number of aliphatic imine (C=N–C) groups is 1. The van der Waals surface area contributed by atoms with Crippen LogP contribution in [0.3, 0.4) is 0 Å². The van der Waals surface area contributed by atoms with Gasteiger partial charge in [0.15, 0.2) is 5.96 Å². The van der Waals surface area contributed by atoms with Gasteiger partial charge in [-0.15, -0.1) is 0 Å². The molecule has 0 saturated carbocycles. The molecule has 1 amide bonds. The number of carbonyl (C=O) groups excluding carboxylic acids is 1. The lowest BCUT2D eigenvalue weighted by Gasteiger charge is -2.19. The molecule has 0 unspecified atom stereocenters. The molecule has 134 valence electrons. The predicted molar refractivity (Wildman–Crippen MR) is 93.5 cm³/mol. The molecular formula is C17H27FN4O2. The van der Waals surface area contributed by atoms with Gasteiger partial charge in [-0.3, -0.25) is 0 Å². The Balaban J connectivity index is 2.40. The molecule has 0 aliphatic heterocycles. The Kier molecular flexibility index (Phi) is 8.01. The molecule has 0 aliphatic rings. The van der Waals surface area contributed by atoms with Crippen molar-refractivity contribution in [3.05, 3.63) is 35.6 Å². The first kappa shape index (κ1) is 19.7. The lowest BCUT2D eigenvalue weighted by atomic mass is 10.2. The number of hydrogen-bond donors (Lipinski definition) is 3. The summed E-state index contributed by atoms with van der Waals surface area (Å²) in [6.07, 6.45) is -0.453. The fourth-order valence-corrected chi connectivity index (χ4v) is 1.81. The average molecular weight is 338 g/mol. The molecule has 0 aliphatic carbocycles. The number of benzene rings is 1. The van der Waals surface area contributed by atoms with E-state index >= 15 is 0 Å². The maximum atomic E-state index is 13.1. The maximum Gasteiger partial charge on any atom is 0.407 e. The number of amides is 1. The number of ether oxygens (including phenoxy) is 1. The Bertz CT molecular complexity index is 556. The number of carbonyl (C=O) groups is 1. The summed E-state index contributed by atoms with van der Waals surface area (Å²) in [4.78, 5) is 15.9. The third-order valence-corrected chi connectivity index (χ3v) is 2.74. The van der Waals surface area contributed by atoms with Crippen LogP contribution in [0.1, 0.15) is 33.3 Å². The summed E-state index contributed by atoms with van der Waals surface area (Å²) in [6, 6.07) is 6.33. The smallest absolute Gasteiger partial charge is 0.407 e. The van der Waals surface area contributed by atoms with Crippen LogP contribution in [0.5, 0.6) is 0 Å². The molecule has 6 nitrogen and oxygen atoms in total. The number of rotatable bonds is 6. The van der Waals surface area contributed by atoms with Gasteiger partial charge >= 0.3 is 6.09 Å². The van der Waals surface area contributed by atoms with Crippen LogP contribution in [0, 0.1) is 5.82 Å². The number of alkyl carbamates (subject to hydrolysis) is 1. The minimum absolute atomic E-state index is 0.276. The number of hydrogen-bond acceptors (Lipinski definition) is 3. The van der Waals surface area contributed by atoms with Gasteiger partial charge in [0.25, 0.3) is 0 Å². The topological polar surface area (TPSA) is 74.8 Å². The second-order valence-electron chi connectivity index (χ2n) is 6.18. The lowest BCUT2D eigenvalue weighted by Crippen LogP contribution is -2.42. The van der Waals surface area contributed by atoms with Gasteiger partial charge in [0.1, 0.15) is 11.4 Å². The molecule has 0 aromatic heterocycles. The molecule has 1 aromatic carbocycles. The first-order chi connectivity index (χ1) is 11.3. The van der Waals surface area contributed by atoms with E-state index in [2.05, 4.69) is 20.9 Å². The maximum absolute atomic E-state index is 13.1. The van der Waals surface area contributed by atoms with Gasteiger partial charge in [0.05, 0.1) is 6.54 Å². The van der Waals surface area contributed by atoms with Gasteiger partial charge in [-0.2, -0.15) is 0 Å². The van der Waals surface area contributed by atoms with Crippen LogP contribution >= 0.6 is 0 Å². The van der Waals surface area contributed by atoms with E-state index < -0.39 is 11.7 Å². The predicted octanol–water partition coefficient (Wildman–Crippen LogP) is 2.41. The van der Waals surface area contributed by atoms with Crippen molar-refractivity contribution in [1.82, 2.24) is 16.0 Å². The molecule has 0 saturated heterocycles. The fraction of sp³-hybridized carbons (Fsp3) is 0.529. The zero-order valence-corrected chi connectivity index (χ0v) is 14.8. The molecule has 7 heteroatoms. The summed E-state index contributed by atoms with van der Waals surface area (Å²) in [7, 11) is 0. The SMILES string of the molecule is CCNC(=NCc1cccc(F)c1)NCCNC(=O)OC(C)(C)C. The molecule has 0 heterocycles. The highest BCUT2D eigenvalue weighted by Crippen LogP contribution is 2.06. The van der Waals surface area contributed by atoms with Crippen molar-refractivity contribution >= 4 is 12.1 Å². The van der Waals surface area contributed by atoms with E-state index in [1.54, 1.807) is 6.07 Å². The summed E-state index contributed by atoms with van der Waals surface area (Å²) < 4.78 is 18.3. The van der Waals surface area contributed by atoms with Crippen molar-refractivity contribution in [3.63, 3.8) is 0 Å². The van der Waals surface area contributed by atoms with Crippen molar-refractivity contribution in [2.24, 2.45) is 4.99 Å². The van der Waals surface area contributed by atoms with Crippen LogP contribution in [0.4, 0.5) is 9.18 Å². The average Bonchev–Trinajstić information content (AvgIpc) is 2.47. The van der Waals surface area contributed by atoms with Gasteiger partial charge < -0.3 is 20.7 Å². The van der Waals surface area contributed by atoms with Gasteiger partial charge in [-0.05, 0) is 45.4 Å². The second-order valence-corrected chi connectivity index (χ2v) is 6.18. The number of guanidine groups is 1. The largest absolute Gasteiger partial charge is 0.444 e. The van der Waals surface area contributed by atoms with Crippen molar-refractivity contribution in [3.8, 4) is 0 Å². The summed E-state index contributed by atoms with van der Waals surface area (Å²) >= 11 is 0. The highest BCUT2D eigenvalue weighted by atomic mass is 19.1. The highest BCUT2D eigenvalue weighted by Gasteiger charge is 2.15. The summed E-state index contributed by atoms with van der Waals surface area (Å²) in [5, 5.41) is 8.86. The number of nitrogens with zero attached hydrogens (tertiary/aromatic N) is 1. The number of halogens is 1. The molecule has 0 fully saturated rings. The van der Waals surface area contributed by atoms with Gasteiger partial charge in [-0.25, -0.2) is 14.2 Å². The van der Waals surface area contributed by atoms with Crippen LogP contribution in [-0.4, -0.2) is 37.3 Å². The second kappa shape index (κ2) is 9.75. The zero-order valence-electron chi connectivity index (χ0n) is 14.8. The first-order valence-corrected chi connectivity index (χ1v) is 8.03. The molecule has 1 rings (SSSR count). The first-order valence-electron chi connectivity index (χ1n) is 8.03. The normalized spacial score (nSPS) is 11.8. The third-order valence-electron chi connectivity index (χ3n) is 2.74. The van der Waals surface area contributed by atoms with E-state index in [1.165, 1.54) is 12.1 Å². The van der Waals surface area contributed by atoms with Crippen LogP contribution in [0.15, 0.2) is 29.3 Å². The number of nitrogens with one attached hydrogen (secondary N) is 3. The summed E-state index contributed by atoms with van der Waals surface area (Å²) in [5.74, 6) is 0.329. The summed E-state index contributed by atoms with van der Waals surface area (Å²) in [6.45, 7) is 9.36. The molecular weight excluding hydrogens is 311 g/mol. The monoisotopic (exact) mass is 338 g/mol. The van der Waals surface area contributed by atoms with E-state index in [-0.39, 0.29) is 5.82 Å². The molecule has 24 heavy (non-hydrogen) atoms. The van der Waals surface area contributed by atoms with Crippen LogP contribution in [-0.2, 0) is 11.3 Å². The van der Waals surface area contributed by atoms with Gasteiger partial charge in [0, 0.05) is 19.6 Å². The molecule has 0 spiro atoms. The van der Waals surface area contributed by atoms with E-state index in [9.17, 15) is 9.18 Å². The zero-order chi connectivity index (χ0) is 18.0. The quantitative estimate of drug-likeness (QED) is 0.423. The lowest BCUT2D eigenvalue weighted by molar-refractivity contribution is 0.0529. The third kappa shape index (κ3) is 8.97. The van der Waals surface area contributed by atoms with E-state index in [1.807, 2.05) is 33.8 Å². The van der Waals surface area contributed by atoms with Crippen LogP contribution in [0.25, 0.3) is 0 Å². The van der Waals surface area contributed by atoms with Crippen molar-refractivity contribution in [2.75, 3.05) is 19.6 Å². The molecule has 0 atom stereocenters. The molecule has 0 bridgehead atoms. The molecule has 1 aromatic rings. The Morgan fingerprint density at radius 1 is 1.21 bits per heavy atom. The Labute approximate surface area is 142 Å². The van der Waals surface area contributed by atoms with Crippen LogP contribution < -0.4 is 16.0 Å². The Hall–Kier alpha value is -2.31. The van der Waals surface area contributed by atoms with E-state index in [4.69, 9.17) is 4.74 Å². The van der Waals surface area contributed by atoms with E-state index in [0.29, 0.717) is 32.1 Å². The Morgan fingerprint density at radius 3 is 2.54 bits per heavy atom. The van der Waals surface area contributed by atoms with Crippen LogP contribution in [0.2, 0.25) is 0 Å². The van der Waals surface area contributed by atoms with Crippen molar-refractivity contribution < 1.29 is 13.9 Å². The highest BCUT2D eigenvalue weighted by molar-refractivity contribution is 5.79. The Morgan fingerprint density at radius 2 is 1.92 bits per heavy atom. The molecule has 3 N–H and O–H groups in total. The standard InChI is InChI=1S/C17H27FN4O2/c1-5-19-15(22-12-13-7-6-8-14(18)11-13)20-9-10-21-16(23)24-17(2,3)4/h6-8,11H,5,9-10,12H2,1-4H3,(H,21,23)(H2,19,20,22). The van der Waals surface area contributed by atoms with E-state index in [0.717, 1.165) is 5.56 Å².